The molecule has 3 nitrogen and oxygen atoms in total. The lowest BCUT2D eigenvalue weighted by molar-refractivity contribution is 0.291. The third-order valence-electron chi connectivity index (χ3n) is 2.28. The van der Waals surface area contributed by atoms with Crippen LogP contribution >= 0.6 is 0 Å². The molecule has 0 aliphatic carbocycles. The molecule has 0 fully saturated rings. The number of rotatable bonds is 5. The summed E-state index contributed by atoms with van der Waals surface area (Å²) in [5.41, 5.74) is 0.606. The second kappa shape index (κ2) is 5.43. The molecule has 4 heteroatoms. The standard InChI is InChI=1S/C12H22FN3/c1-5-6-16-9-10(7-15-16)11(13)8-14-12(2,3)4/h7,9,11,14H,5-6,8H2,1-4H3. The van der Waals surface area contributed by atoms with Crippen molar-refractivity contribution in [1.82, 2.24) is 15.1 Å². The first kappa shape index (κ1) is 13.2. The van der Waals surface area contributed by atoms with E-state index in [0.717, 1.165) is 13.0 Å². The highest BCUT2D eigenvalue weighted by Gasteiger charge is 2.16. The quantitative estimate of drug-likeness (QED) is 0.838. The molecule has 1 unspecified atom stereocenters. The van der Waals surface area contributed by atoms with E-state index in [1.807, 2.05) is 20.8 Å². The van der Waals surface area contributed by atoms with Gasteiger partial charge in [0, 0.05) is 30.4 Å². The van der Waals surface area contributed by atoms with Crippen LogP contribution < -0.4 is 5.32 Å². The first-order valence-corrected chi connectivity index (χ1v) is 5.84. The van der Waals surface area contributed by atoms with Gasteiger partial charge in [0.05, 0.1) is 6.20 Å². The number of alkyl halides is 1. The molecule has 1 atom stereocenters. The Hall–Kier alpha value is -0.900. The van der Waals surface area contributed by atoms with E-state index < -0.39 is 6.17 Å². The fraction of sp³-hybridized carbons (Fsp3) is 0.750. The molecule has 16 heavy (non-hydrogen) atoms. The fourth-order valence-corrected chi connectivity index (χ4v) is 1.41. The molecule has 0 aromatic carbocycles. The molecule has 1 N–H and O–H groups in total. The minimum atomic E-state index is -0.982. The lowest BCUT2D eigenvalue weighted by Crippen LogP contribution is -2.37. The molecule has 92 valence electrons. The molecule has 0 saturated heterocycles. The van der Waals surface area contributed by atoms with E-state index in [-0.39, 0.29) is 5.54 Å². The number of hydrogen-bond donors (Lipinski definition) is 1. The lowest BCUT2D eigenvalue weighted by Gasteiger charge is -2.21. The number of nitrogens with one attached hydrogen (secondary N) is 1. The maximum atomic E-state index is 13.8. The Bertz CT molecular complexity index is 314. The van der Waals surface area contributed by atoms with Crippen LogP contribution in [0.1, 0.15) is 45.9 Å². The topological polar surface area (TPSA) is 29.9 Å². The molecule has 0 aliphatic rings. The van der Waals surface area contributed by atoms with Crippen molar-refractivity contribution >= 4 is 0 Å². The van der Waals surface area contributed by atoms with Gasteiger partial charge in [-0.25, -0.2) is 4.39 Å². The summed E-state index contributed by atoms with van der Waals surface area (Å²) in [5, 5.41) is 7.27. The highest BCUT2D eigenvalue weighted by molar-refractivity contribution is 5.08. The van der Waals surface area contributed by atoms with E-state index >= 15 is 0 Å². The van der Waals surface area contributed by atoms with Crippen molar-refractivity contribution in [3.63, 3.8) is 0 Å². The molecule has 1 aromatic rings. The van der Waals surface area contributed by atoms with Gasteiger partial charge in [-0.05, 0) is 27.2 Å². The lowest BCUT2D eigenvalue weighted by atomic mass is 10.1. The number of nitrogens with zero attached hydrogens (tertiary/aromatic N) is 2. The fourth-order valence-electron chi connectivity index (χ4n) is 1.41. The molecule has 0 radical (unpaired) electrons. The number of aromatic nitrogens is 2. The summed E-state index contributed by atoms with van der Waals surface area (Å²) >= 11 is 0. The van der Waals surface area contributed by atoms with E-state index in [0.29, 0.717) is 12.1 Å². The van der Waals surface area contributed by atoms with Crippen LogP contribution in [-0.4, -0.2) is 21.9 Å². The van der Waals surface area contributed by atoms with Gasteiger partial charge < -0.3 is 5.32 Å². The van der Waals surface area contributed by atoms with Gasteiger partial charge in [-0.2, -0.15) is 5.10 Å². The van der Waals surface area contributed by atoms with Crippen LogP contribution in [-0.2, 0) is 6.54 Å². The highest BCUT2D eigenvalue weighted by Crippen LogP contribution is 2.16. The van der Waals surface area contributed by atoms with E-state index in [9.17, 15) is 4.39 Å². The van der Waals surface area contributed by atoms with Gasteiger partial charge in [0.1, 0.15) is 6.17 Å². The molecule has 1 rings (SSSR count). The highest BCUT2D eigenvalue weighted by atomic mass is 19.1. The smallest absolute Gasteiger partial charge is 0.141 e. The molecule has 0 bridgehead atoms. The van der Waals surface area contributed by atoms with Crippen molar-refractivity contribution in [2.45, 2.75) is 52.4 Å². The molecule has 0 saturated carbocycles. The summed E-state index contributed by atoms with van der Waals surface area (Å²) in [6.07, 6.45) is 3.44. The van der Waals surface area contributed by atoms with Crippen LogP contribution in [0, 0.1) is 0 Å². The Morgan fingerprint density at radius 1 is 1.50 bits per heavy atom. The average Bonchev–Trinajstić information content (AvgIpc) is 2.62. The normalized spacial score (nSPS) is 14.1. The van der Waals surface area contributed by atoms with Gasteiger partial charge >= 0.3 is 0 Å². The van der Waals surface area contributed by atoms with Gasteiger partial charge in [0.25, 0.3) is 0 Å². The molecular formula is C12H22FN3. The van der Waals surface area contributed by atoms with Crippen LogP contribution in [0.25, 0.3) is 0 Å². The van der Waals surface area contributed by atoms with Crippen LogP contribution in [0.2, 0.25) is 0 Å². The Labute approximate surface area is 97.0 Å². The summed E-state index contributed by atoms with van der Waals surface area (Å²) in [6.45, 7) is 9.34. The van der Waals surface area contributed by atoms with Crippen molar-refractivity contribution in [1.29, 1.82) is 0 Å². The Balaban J connectivity index is 2.49. The second-order valence-electron chi connectivity index (χ2n) is 5.14. The van der Waals surface area contributed by atoms with Gasteiger partial charge in [-0.15, -0.1) is 0 Å². The van der Waals surface area contributed by atoms with E-state index in [4.69, 9.17) is 0 Å². The monoisotopic (exact) mass is 227 g/mol. The largest absolute Gasteiger partial charge is 0.309 e. The summed E-state index contributed by atoms with van der Waals surface area (Å²) in [4.78, 5) is 0. The van der Waals surface area contributed by atoms with E-state index in [1.54, 1.807) is 17.1 Å². The summed E-state index contributed by atoms with van der Waals surface area (Å²) in [7, 11) is 0. The number of aryl methyl sites for hydroxylation is 1. The minimum absolute atomic E-state index is 0.0518. The maximum absolute atomic E-state index is 13.8. The molecule has 1 heterocycles. The third-order valence-corrected chi connectivity index (χ3v) is 2.28. The van der Waals surface area contributed by atoms with Gasteiger partial charge in [-0.3, -0.25) is 4.68 Å². The average molecular weight is 227 g/mol. The zero-order valence-corrected chi connectivity index (χ0v) is 10.6. The zero-order valence-electron chi connectivity index (χ0n) is 10.6. The predicted octanol–water partition coefficient (Wildman–Crippen LogP) is 2.69. The third kappa shape index (κ3) is 4.31. The number of hydrogen-bond acceptors (Lipinski definition) is 2. The van der Waals surface area contributed by atoms with Crippen LogP contribution in [0.5, 0.6) is 0 Å². The number of halogens is 1. The zero-order chi connectivity index (χ0) is 12.2. The first-order chi connectivity index (χ1) is 7.42. The summed E-state index contributed by atoms with van der Waals surface area (Å²) in [6, 6.07) is 0. The van der Waals surface area contributed by atoms with Crippen LogP contribution in [0.4, 0.5) is 4.39 Å². The van der Waals surface area contributed by atoms with Crippen molar-refractivity contribution < 1.29 is 4.39 Å². The molecule has 0 spiro atoms. The summed E-state index contributed by atoms with van der Waals surface area (Å²) < 4.78 is 15.6. The first-order valence-electron chi connectivity index (χ1n) is 5.84. The SMILES string of the molecule is CCCn1cc(C(F)CNC(C)(C)C)cn1. The second-order valence-corrected chi connectivity index (χ2v) is 5.14. The van der Waals surface area contributed by atoms with Crippen molar-refractivity contribution in [3.8, 4) is 0 Å². The predicted molar refractivity (Wildman–Crippen MR) is 64.1 cm³/mol. The summed E-state index contributed by atoms with van der Waals surface area (Å²) in [5.74, 6) is 0. The van der Waals surface area contributed by atoms with Gasteiger partial charge in [-0.1, -0.05) is 6.92 Å². The van der Waals surface area contributed by atoms with E-state index in [2.05, 4.69) is 17.3 Å². The van der Waals surface area contributed by atoms with Crippen molar-refractivity contribution in [2.24, 2.45) is 0 Å². The van der Waals surface area contributed by atoms with Crippen molar-refractivity contribution in [3.05, 3.63) is 18.0 Å². The molecule has 0 aliphatic heterocycles. The molecular weight excluding hydrogens is 205 g/mol. The minimum Gasteiger partial charge on any atom is -0.309 e. The van der Waals surface area contributed by atoms with Crippen LogP contribution in [0.3, 0.4) is 0 Å². The Kier molecular flexibility index (Phi) is 4.47. The Morgan fingerprint density at radius 2 is 2.19 bits per heavy atom. The van der Waals surface area contributed by atoms with Crippen LogP contribution in [0.15, 0.2) is 12.4 Å². The van der Waals surface area contributed by atoms with E-state index in [1.165, 1.54) is 0 Å². The molecule has 1 aromatic heterocycles. The van der Waals surface area contributed by atoms with Crippen molar-refractivity contribution in [2.75, 3.05) is 6.54 Å². The van der Waals surface area contributed by atoms with Gasteiger partial charge in [0.2, 0.25) is 0 Å². The molecule has 0 amide bonds. The maximum Gasteiger partial charge on any atom is 0.141 e. The Morgan fingerprint density at radius 3 is 2.75 bits per heavy atom. The van der Waals surface area contributed by atoms with Gasteiger partial charge in [0.15, 0.2) is 0 Å².